The van der Waals surface area contributed by atoms with E-state index in [1.807, 2.05) is 53.1 Å². The average Bonchev–Trinajstić information content (AvgIpc) is 3.16. The number of guanidine groups is 1. The van der Waals surface area contributed by atoms with Crippen LogP contribution in [0.5, 0.6) is 5.75 Å². The van der Waals surface area contributed by atoms with E-state index in [2.05, 4.69) is 25.8 Å². The minimum atomic E-state index is 0. The molecule has 8 nitrogen and oxygen atoms in total. The number of pyridine rings is 1. The van der Waals surface area contributed by atoms with Gasteiger partial charge in [-0.1, -0.05) is 18.2 Å². The van der Waals surface area contributed by atoms with Crippen LogP contribution in [0.15, 0.2) is 53.7 Å². The van der Waals surface area contributed by atoms with Crippen LogP contribution in [-0.4, -0.2) is 47.9 Å². The van der Waals surface area contributed by atoms with E-state index in [9.17, 15) is 0 Å². The second-order valence-corrected chi connectivity index (χ2v) is 6.15. The summed E-state index contributed by atoms with van der Waals surface area (Å²) >= 11 is 0. The smallest absolute Gasteiger partial charge is 0.191 e. The molecule has 0 saturated heterocycles. The highest BCUT2D eigenvalue weighted by atomic mass is 127. The van der Waals surface area contributed by atoms with Crippen LogP contribution in [-0.2, 0) is 17.9 Å². The maximum Gasteiger partial charge on any atom is 0.191 e. The van der Waals surface area contributed by atoms with Crippen molar-refractivity contribution in [2.75, 3.05) is 27.3 Å². The number of aliphatic imine (C=N–C) groups is 1. The highest BCUT2D eigenvalue weighted by molar-refractivity contribution is 14.0. The molecule has 29 heavy (non-hydrogen) atoms. The predicted molar refractivity (Wildman–Crippen MR) is 124 cm³/mol. The van der Waals surface area contributed by atoms with Crippen molar-refractivity contribution >= 4 is 35.6 Å². The lowest BCUT2D eigenvalue weighted by Gasteiger charge is -2.11. The number of benzene rings is 1. The highest BCUT2D eigenvalue weighted by Crippen LogP contribution is 2.11. The average molecular weight is 510 g/mol. The number of hydrogen-bond acceptors (Lipinski definition) is 5. The SMILES string of the molecule is CN=C(NCCCOCc1ccc(OC)cc1)NCc1nnc2ccccn12.I. The number of rotatable bonds is 9. The molecule has 0 bridgehead atoms. The Hall–Kier alpha value is -2.40. The van der Waals surface area contributed by atoms with Crippen LogP contribution in [0, 0.1) is 0 Å². The van der Waals surface area contributed by atoms with E-state index < -0.39 is 0 Å². The molecule has 0 unspecified atom stereocenters. The summed E-state index contributed by atoms with van der Waals surface area (Å²) in [5, 5.41) is 14.9. The maximum atomic E-state index is 5.71. The fourth-order valence-corrected chi connectivity index (χ4v) is 2.69. The molecule has 2 heterocycles. The Morgan fingerprint density at radius 2 is 1.93 bits per heavy atom. The molecule has 0 fully saturated rings. The van der Waals surface area contributed by atoms with Gasteiger partial charge in [-0.25, -0.2) is 0 Å². The molecule has 0 saturated carbocycles. The number of nitrogens with zero attached hydrogens (tertiary/aromatic N) is 4. The van der Waals surface area contributed by atoms with E-state index >= 15 is 0 Å². The van der Waals surface area contributed by atoms with Gasteiger partial charge in [-0.2, -0.15) is 0 Å². The topological polar surface area (TPSA) is 85.1 Å². The zero-order chi connectivity index (χ0) is 19.6. The van der Waals surface area contributed by atoms with E-state index in [-0.39, 0.29) is 24.0 Å². The molecule has 0 aliphatic carbocycles. The normalized spacial score (nSPS) is 11.2. The summed E-state index contributed by atoms with van der Waals surface area (Å²) in [6.45, 7) is 2.57. The molecule has 2 aromatic heterocycles. The first-order chi connectivity index (χ1) is 13.8. The van der Waals surface area contributed by atoms with Crippen molar-refractivity contribution in [3.05, 3.63) is 60.0 Å². The molecule has 3 rings (SSSR count). The zero-order valence-electron chi connectivity index (χ0n) is 16.7. The van der Waals surface area contributed by atoms with Gasteiger partial charge in [0.25, 0.3) is 0 Å². The minimum absolute atomic E-state index is 0. The van der Waals surface area contributed by atoms with Crippen molar-refractivity contribution in [3.63, 3.8) is 0 Å². The lowest BCUT2D eigenvalue weighted by Crippen LogP contribution is -2.38. The number of ether oxygens (including phenoxy) is 2. The van der Waals surface area contributed by atoms with Crippen molar-refractivity contribution in [2.45, 2.75) is 19.6 Å². The summed E-state index contributed by atoms with van der Waals surface area (Å²) in [7, 11) is 3.41. The van der Waals surface area contributed by atoms with Gasteiger partial charge in [0.05, 0.1) is 20.3 Å². The Morgan fingerprint density at radius 3 is 2.69 bits per heavy atom. The third-order valence-corrected chi connectivity index (χ3v) is 4.21. The Bertz CT molecular complexity index is 897. The summed E-state index contributed by atoms with van der Waals surface area (Å²) in [4.78, 5) is 4.23. The van der Waals surface area contributed by atoms with Gasteiger partial charge in [0, 0.05) is 26.4 Å². The van der Waals surface area contributed by atoms with E-state index in [1.54, 1.807) is 14.2 Å². The van der Waals surface area contributed by atoms with Gasteiger partial charge >= 0.3 is 0 Å². The number of aromatic nitrogens is 3. The van der Waals surface area contributed by atoms with E-state index in [0.29, 0.717) is 19.8 Å². The van der Waals surface area contributed by atoms with Gasteiger partial charge in [-0.3, -0.25) is 9.39 Å². The zero-order valence-corrected chi connectivity index (χ0v) is 19.0. The third kappa shape index (κ3) is 6.86. The largest absolute Gasteiger partial charge is 0.497 e. The molecule has 3 aromatic rings. The van der Waals surface area contributed by atoms with Crippen LogP contribution >= 0.6 is 24.0 Å². The molecule has 156 valence electrons. The van der Waals surface area contributed by atoms with Gasteiger partial charge in [-0.15, -0.1) is 34.2 Å². The van der Waals surface area contributed by atoms with E-state index in [0.717, 1.165) is 41.7 Å². The molecule has 0 amide bonds. The summed E-state index contributed by atoms with van der Waals surface area (Å²) in [6, 6.07) is 13.7. The Balaban J connectivity index is 0.00000300. The molecule has 0 aliphatic rings. The number of hydrogen-bond donors (Lipinski definition) is 2. The molecule has 0 atom stereocenters. The summed E-state index contributed by atoms with van der Waals surface area (Å²) in [5.74, 6) is 2.41. The van der Waals surface area contributed by atoms with Crippen LogP contribution in [0.3, 0.4) is 0 Å². The molecule has 0 radical (unpaired) electrons. The highest BCUT2D eigenvalue weighted by Gasteiger charge is 2.05. The Kier molecular flexibility index (Phi) is 9.65. The Labute approximate surface area is 187 Å². The second-order valence-electron chi connectivity index (χ2n) is 6.15. The van der Waals surface area contributed by atoms with Gasteiger partial charge in [0.1, 0.15) is 5.75 Å². The Morgan fingerprint density at radius 1 is 1.10 bits per heavy atom. The van der Waals surface area contributed by atoms with Crippen LogP contribution in [0.4, 0.5) is 0 Å². The van der Waals surface area contributed by atoms with E-state index in [1.165, 1.54) is 0 Å². The number of methoxy groups -OCH3 is 1. The summed E-state index contributed by atoms with van der Waals surface area (Å²) < 4.78 is 12.8. The second kappa shape index (κ2) is 12.2. The molecular weight excluding hydrogens is 483 g/mol. The summed E-state index contributed by atoms with van der Waals surface area (Å²) in [5.41, 5.74) is 1.96. The number of nitrogens with one attached hydrogen (secondary N) is 2. The monoisotopic (exact) mass is 510 g/mol. The van der Waals surface area contributed by atoms with Crippen LogP contribution < -0.4 is 15.4 Å². The van der Waals surface area contributed by atoms with Crippen molar-refractivity contribution in [1.82, 2.24) is 25.2 Å². The predicted octanol–water partition coefficient (Wildman–Crippen LogP) is 2.63. The van der Waals surface area contributed by atoms with Crippen molar-refractivity contribution < 1.29 is 9.47 Å². The third-order valence-electron chi connectivity index (χ3n) is 4.21. The number of halogens is 1. The maximum absolute atomic E-state index is 5.71. The first-order valence-electron chi connectivity index (χ1n) is 9.24. The lowest BCUT2D eigenvalue weighted by molar-refractivity contribution is 0.119. The molecule has 0 spiro atoms. The minimum Gasteiger partial charge on any atom is -0.497 e. The van der Waals surface area contributed by atoms with Gasteiger partial charge in [0.15, 0.2) is 17.4 Å². The van der Waals surface area contributed by atoms with Gasteiger partial charge in [-0.05, 0) is 36.2 Å². The van der Waals surface area contributed by atoms with Crippen molar-refractivity contribution in [1.29, 1.82) is 0 Å². The van der Waals surface area contributed by atoms with Gasteiger partial charge in [0.2, 0.25) is 0 Å². The van der Waals surface area contributed by atoms with Gasteiger partial charge < -0.3 is 20.1 Å². The number of fused-ring (bicyclic) bond motifs is 1. The quantitative estimate of drug-likeness (QED) is 0.199. The van der Waals surface area contributed by atoms with Crippen molar-refractivity contribution in [3.8, 4) is 5.75 Å². The van der Waals surface area contributed by atoms with Crippen molar-refractivity contribution in [2.24, 2.45) is 4.99 Å². The lowest BCUT2D eigenvalue weighted by atomic mass is 10.2. The first kappa shape index (κ1) is 22.9. The standard InChI is InChI=1S/C20H26N6O2.HI/c1-21-20(23-14-19-25-24-18-6-3-4-12-26(18)19)22-11-5-13-28-15-16-7-9-17(27-2)10-8-16;/h3-4,6-10,12H,5,11,13-15H2,1-2H3,(H2,21,22,23);1H. The molecule has 2 N–H and O–H groups in total. The molecular formula is C20H27IN6O2. The molecule has 1 aromatic carbocycles. The first-order valence-corrected chi connectivity index (χ1v) is 9.24. The van der Waals surface area contributed by atoms with E-state index in [4.69, 9.17) is 9.47 Å². The fraction of sp³-hybridized carbons (Fsp3) is 0.350. The van der Waals surface area contributed by atoms with Crippen LogP contribution in [0.2, 0.25) is 0 Å². The van der Waals surface area contributed by atoms with Crippen LogP contribution in [0.1, 0.15) is 17.8 Å². The van der Waals surface area contributed by atoms with Crippen LogP contribution in [0.25, 0.3) is 5.65 Å². The molecule has 9 heteroatoms. The molecule has 0 aliphatic heterocycles. The summed E-state index contributed by atoms with van der Waals surface area (Å²) in [6.07, 6.45) is 2.83. The fourth-order valence-electron chi connectivity index (χ4n) is 2.69.